The first kappa shape index (κ1) is 9.86. The van der Waals surface area contributed by atoms with E-state index in [0.717, 1.165) is 0 Å². The van der Waals surface area contributed by atoms with Crippen molar-refractivity contribution >= 4 is 11.7 Å². The molecule has 0 aromatic rings. The van der Waals surface area contributed by atoms with Gasteiger partial charge in [0.15, 0.2) is 0 Å². The second kappa shape index (κ2) is 2.48. The molecule has 0 atom stereocenters. The third-order valence-electron chi connectivity index (χ3n) is 0.524. The molecule has 0 bridgehead atoms. The minimum absolute atomic E-state index is 4.95. The Morgan fingerprint density at radius 2 is 1.10 bits per heavy atom. The lowest BCUT2D eigenvalue weighted by Crippen LogP contribution is -2.40. The van der Waals surface area contributed by atoms with Gasteiger partial charge in [0.2, 0.25) is 0 Å². The summed E-state index contributed by atoms with van der Waals surface area (Å²) in [5, 5.41) is -5.87. The summed E-state index contributed by atoms with van der Waals surface area (Å²) in [7, 11) is 0. The van der Waals surface area contributed by atoms with Gasteiger partial charge in [-0.05, 0) is 0 Å². The molecule has 0 aromatic heterocycles. The Hall–Kier alpha value is -0.140. The zero-order valence-corrected chi connectivity index (χ0v) is 4.87. The van der Waals surface area contributed by atoms with Crippen LogP contribution < -0.4 is 0 Å². The molecule has 0 amide bonds. The number of alkyl halides is 5. The second-order valence-electron chi connectivity index (χ2n) is 1.23. The fourth-order valence-corrected chi connectivity index (χ4v) is 0.262. The summed E-state index contributed by atoms with van der Waals surface area (Å²) in [6, 6.07) is 0. The first-order valence-corrected chi connectivity index (χ1v) is 2.73. The van der Waals surface area contributed by atoms with Gasteiger partial charge in [-0.2, -0.15) is 13.2 Å². The van der Waals surface area contributed by atoms with Gasteiger partial charge in [-0.1, -0.05) is 0 Å². The highest BCUT2D eigenvalue weighted by Gasteiger charge is 2.76. The lowest BCUT2D eigenvalue weighted by atomic mass is 10.7. The molecule has 0 radical (unpaired) electrons. The number of hydrogen-bond acceptors (Lipinski definition) is 0. The van der Waals surface area contributed by atoms with Gasteiger partial charge in [-0.3, -0.25) is 0 Å². The van der Waals surface area contributed by atoms with Crippen LogP contribution in [0.4, 0.5) is 29.7 Å². The van der Waals surface area contributed by atoms with E-state index in [1.165, 1.54) is 0 Å². The molecule has 0 saturated heterocycles. The maximum Gasteiger partial charge on any atom is 0.586 e. The Bertz CT molecular complexity index is 113. The van der Waals surface area contributed by atoms with Crippen molar-refractivity contribution in [1.82, 2.24) is 0 Å². The van der Waals surface area contributed by atoms with E-state index in [4.69, 9.17) is 0 Å². The van der Waals surface area contributed by atoms with Crippen molar-refractivity contribution in [1.29, 1.82) is 0 Å². The minimum Gasteiger partial charge on any atom is -0.160 e. The predicted molar refractivity (Wildman–Crippen MR) is 20.6 cm³/mol. The third-order valence-corrected chi connectivity index (χ3v) is 1.14. The summed E-state index contributed by atoms with van der Waals surface area (Å²) in [4.78, 5) is 0. The summed E-state index contributed by atoms with van der Waals surface area (Å²) in [6.45, 7) is 0. The highest BCUT2D eigenvalue weighted by atomic mass is 32.3. The molecular formula is C2F7S+. The van der Waals surface area contributed by atoms with Crippen LogP contribution in [-0.4, -0.2) is 11.4 Å². The van der Waals surface area contributed by atoms with Crippen LogP contribution in [0.3, 0.4) is 0 Å². The van der Waals surface area contributed by atoms with E-state index in [1.807, 2.05) is 0 Å². The molecule has 62 valence electrons. The molecule has 8 heteroatoms. The van der Waals surface area contributed by atoms with Crippen LogP contribution in [0, 0.1) is 0 Å². The lowest BCUT2D eigenvalue weighted by molar-refractivity contribution is -0.241. The van der Waals surface area contributed by atoms with Crippen LogP contribution >= 0.6 is 0 Å². The molecule has 0 rings (SSSR count). The van der Waals surface area contributed by atoms with Gasteiger partial charge in [-0.25, -0.2) is 0 Å². The smallest absolute Gasteiger partial charge is 0.160 e. The average molecular weight is 189 g/mol. The molecule has 0 fully saturated rings. The predicted octanol–water partition coefficient (Wildman–Crippen LogP) is 2.53. The molecule has 0 spiro atoms. The van der Waals surface area contributed by atoms with Gasteiger partial charge in [0.05, 0.1) is 7.77 Å². The Labute approximate surface area is 53.9 Å². The summed E-state index contributed by atoms with van der Waals surface area (Å²) >= 11 is -4.95. The standard InChI is InChI=1S/C2F7S/c3-1(4,5)2(6,7)10(8)9/q+1. The fraction of sp³-hybridized carbons (Fsp3) is 1.00. The van der Waals surface area contributed by atoms with Gasteiger partial charge in [0.1, 0.15) is 0 Å². The van der Waals surface area contributed by atoms with Crippen molar-refractivity contribution in [3.05, 3.63) is 0 Å². The summed E-state index contributed by atoms with van der Waals surface area (Å²) in [5.74, 6) is 0. The SMILES string of the molecule is F[S+](F)C(F)(F)C(F)(F)F. The Morgan fingerprint density at radius 1 is 0.800 bits per heavy atom. The first-order chi connectivity index (χ1) is 4.19. The summed E-state index contributed by atoms with van der Waals surface area (Å²) < 4.78 is 76.7. The second-order valence-corrected chi connectivity index (χ2v) is 2.17. The van der Waals surface area contributed by atoms with Gasteiger partial charge in [-0.15, -0.1) is 8.78 Å². The average Bonchev–Trinajstić information content (AvgIpc) is 1.62. The van der Waals surface area contributed by atoms with Crippen LogP contribution in [0.15, 0.2) is 0 Å². The quantitative estimate of drug-likeness (QED) is 0.439. The van der Waals surface area contributed by atoms with E-state index in [1.54, 1.807) is 0 Å². The maximum atomic E-state index is 11.2. The highest BCUT2D eigenvalue weighted by molar-refractivity contribution is 7.88. The Morgan fingerprint density at radius 3 is 1.10 bits per heavy atom. The normalized spacial score (nSPS) is 14.4. The minimum atomic E-state index is -6.15. The molecule has 0 heterocycles. The van der Waals surface area contributed by atoms with E-state index in [-0.39, 0.29) is 0 Å². The van der Waals surface area contributed by atoms with Gasteiger partial charge < -0.3 is 0 Å². The Kier molecular flexibility index (Phi) is 2.44. The van der Waals surface area contributed by atoms with Crippen LogP contribution in [0.1, 0.15) is 0 Å². The monoisotopic (exact) mass is 189 g/mol. The number of rotatable bonds is 1. The highest BCUT2D eigenvalue weighted by Crippen LogP contribution is 2.42. The zero-order valence-electron chi connectivity index (χ0n) is 4.05. The largest absolute Gasteiger partial charge is 0.586 e. The van der Waals surface area contributed by atoms with Gasteiger partial charge in [0, 0.05) is 0 Å². The van der Waals surface area contributed by atoms with Crippen molar-refractivity contribution in [3.63, 3.8) is 0 Å². The van der Waals surface area contributed by atoms with Crippen LogP contribution in [0.5, 0.6) is 0 Å². The zero-order chi connectivity index (χ0) is 8.58. The Balaban J connectivity index is 4.40. The van der Waals surface area contributed by atoms with Crippen LogP contribution in [0.25, 0.3) is 0 Å². The number of halogens is 7. The van der Waals surface area contributed by atoms with E-state index in [2.05, 4.69) is 0 Å². The third kappa shape index (κ3) is 1.68. The van der Waals surface area contributed by atoms with E-state index in [0.29, 0.717) is 0 Å². The molecule has 0 aliphatic rings. The molecule has 0 nitrogen and oxygen atoms in total. The number of hydrogen-bond donors (Lipinski definition) is 0. The van der Waals surface area contributed by atoms with Gasteiger partial charge in [0.25, 0.3) is 0 Å². The molecule has 10 heavy (non-hydrogen) atoms. The maximum absolute atomic E-state index is 11.2. The van der Waals surface area contributed by atoms with Crippen molar-refractivity contribution in [2.24, 2.45) is 0 Å². The molecule has 0 unspecified atom stereocenters. The first-order valence-electron chi connectivity index (χ1n) is 1.71. The molecule has 0 aromatic carbocycles. The molecule has 0 aliphatic heterocycles. The summed E-state index contributed by atoms with van der Waals surface area (Å²) in [6.07, 6.45) is -6.15. The van der Waals surface area contributed by atoms with Crippen LogP contribution in [0.2, 0.25) is 0 Å². The van der Waals surface area contributed by atoms with Gasteiger partial charge >= 0.3 is 23.1 Å². The van der Waals surface area contributed by atoms with Crippen LogP contribution in [-0.2, 0) is 11.7 Å². The molecule has 0 saturated carbocycles. The summed E-state index contributed by atoms with van der Waals surface area (Å²) in [5.41, 5.74) is 0. The van der Waals surface area contributed by atoms with Crippen molar-refractivity contribution in [2.45, 2.75) is 11.4 Å². The fourth-order valence-electron chi connectivity index (χ4n) is 0.0875. The molecule has 0 N–H and O–H groups in total. The van der Waals surface area contributed by atoms with Crippen molar-refractivity contribution in [2.75, 3.05) is 0 Å². The molecule has 0 aliphatic carbocycles. The van der Waals surface area contributed by atoms with E-state index < -0.39 is 23.1 Å². The van der Waals surface area contributed by atoms with E-state index >= 15 is 0 Å². The molecular weight excluding hydrogens is 189 g/mol. The topological polar surface area (TPSA) is 0 Å². The lowest BCUT2D eigenvalue weighted by Gasteiger charge is -2.06. The van der Waals surface area contributed by atoms with Crippen molar-refractivity contribution in [3.8, 4) is 0 Å². The van der Waals surface area contributed by atoms with Crippen molar-refractivity contribution < 1.29 is 29.7 Å². The van der Waals surface area contributed by atoms with E-state index in [9.17, 15) is 29.7 Å².